The van der Waals surface area contributed by atoms with Crippen molar-refractivity contribution in [3.63, 3.8) is 0 Å². The molecule has 2 rings (SSSR count). The molecule has 5 nitrogen and oxygen atoms in total. The molecule has 6 heteroatoms. The van der Waals surface area contributed by atoms with Crippen LogP contribution in [-0.2, 0) is 0 Å². The molecule has 1 aromatic carbocycles. The molecule has 18 heavy (non-hydrogen) atoms. The smallest absolute Gasteiger partial charge is 0.258 e. The average molecular weight is 262 g/mol. The van der Waals surface area contributed by atoms with Crippen molar-refractivity contribution in [3.8, 4) is 0 Å². The number of nitrogens with zero attached hydrogens (tertiary/aromatic N) is 3. The van der Waals surface area contributed by atoms with E-state index in [1.54, 1.807) is 24.4 Å². The van der Waals surface area contributed by atoms with Gasteiger partial charge in [-0.3, -0.25) is 10.1 Å². The summed E-state index contributed by atoms with van der Waals surface area (Å²) in [6, 6.07) is 6.11. The molecule has 0 radical (unpaired) electrons. The van der Waals surface area contributed by atoms with Crippen molar-refractivity contribution in [3.05, 3.63) is 63.2 Å². The van der Waals surface area contributed by atoms with Crippen LogP contribution in [0.15, 0.2) is 36.8 Å². The molecular formula is C12H8ClN3O2. The van der Waals surface area contributed by atoms with Gasteiger partial charge in [0.05, 0.1) is 16.2 Å². The molecule has 0 aliphatic rings. The lowest BCUT2D eigenvalue weighted by Gasteiger charge is -1.98. The van der Waals surface area contributed by atoms with Gasteiger partial charge in [0.2, 0.25) is 0 Å². The lowest BCUT2D eigenvalue weighted by Crippen LogP contribution is -1.91. The third kappa shape index (κ3) is 2.89. The van der Waals surface area contributed by atoms with Gasteiger partial charge in [-0.15, -0.1) is 0 Å². The number of rotatable bonds is 3. The van der Waals surface area contributed by atoms with Crippen LogP contribution in [-0.4, -0.2) is 14.9 Å². The molecule has 0 saturated heterocycles. The third-order valence-electron chi connectivity index (χ3n) is 2.22. The quantitative estimate of drug-likeness (QED) is 0.628. The fraction of sp³-hybridized carbons (Fsp3) is 0. The van der Waals surface area contributed by atoms with E-state index in [1.807, 2.05) is 0 Å². The summed E-state index contributed by atoms with van der Waals surface area (Å²) in [6.07, 6.45) is 6.28. The van der Waals surface area contributed by atoms with Crippen LogP contribution in [0.25, 0.3) is 12.2 Å². The average Bonchev–Trinajstić information content (AvgIpc) is 2.37. The summed E-state index contributed by atoms with van der Waals surface area (Å²) in [6.45, 7) is 0. The van der Waals surface area contributed by atoms with Gasteiger partial charge >= 0.3 is 0 Å². The van der Waals surface area contributed by atoms with E-state index in [4.69, 9.17) is 11.6 Å². The van der Waals surface area contributed by atoms with Crippen molar-refractivity contribution in [2.45, 2.75) is 0 Å². The Bertz CT molecular complexity index is 600. The van der Waals surface area contributed by atoms with Crippen molar-refractivity contribution in [1.29, 1.82) is 0 Å². The highest BCUT2D eigenvalue weighted by Crippen LogP contribution is 2.24. The van der Waals surface area contributed by atoms with E-state index < -0.39 is 4.92 Å². The summed E-state index contributed by atoms with van der Waals surface area (Å²) < 4.78 is 0. The molecule has 0 aliphatic heterocycles. The highest BCUT2D eigenvalue weighted by atomic mass is 35.5. The second kappa shape index (κ2) is 5.37. The fourth-order valence-corrected chi connectivity index (χ4v) is 1.58. The fourth-order valence-electron chi connectivity index (χ4n) is 1.40. The van der Waals surface area contributed by atoms with Gasteiger partial charge in [-0.2, -0.15) is 0 Å². The van der Waals surface area contributed by atoms with E-state index >= 15 is 0 Å². The van der Waals surface area contributed by atoms with Crippen molar-refractivity contribution < 1.29 is 4.92 Å². The first-order chi connectivity index (χ1) is 8.66. The zero-order chi connectivity index (χ0) is 13.0. The Morgan fingerprint density at radius 3 is 2.78 bits per heavy atom. The van der Waals surface area contributed by atoms with Gasteiger partial charge in [0, 0.05) is 17.3 Å². The summed E-state index contributed by atoms with van der Waals surface area (Å²) in [4.78, 5) is 18.2. The topological polar surface area (TPSA) is 68.9 Å². The predicted molar refractivity (Wildman–Crippen MR) is 69.1 cm³/mol. The molecule has 0 spiro atoms. The minimum absolute atomic E-state index is 0.00436. The Balaban J connectivity index is 2.36. The van der Waals surface area contributed by atoms with Crippen LogP contribution in [0, 0.1) is 10.1 Å². The minimum atomic E-state index is -0.448. The summed E-state index contributed by atoms with van der Waals surface area (Å²) in [5, 5.41) is 11.3. The first-order valence-electron chi connectivity index (χ1n) is 5.05. The highest BCUT2D eigenvalue weighted by Gasteiger charge is 2.11. The van der Waals surface area contributed by atoms with Crippen LogP contribution >= 0.6 is 11.6 Å². The van der Waals surface area contributed by atoms with Gasteiger partial charge in [-0.1, -0.05) is 11.6 Å². The molecule has 0 N–H and O–H groups in total. The van der Waals surface area contributed by atoms with Gasteiger partial charge < -0.3 is 0 Å². The SMILES string of the molecule is O=[N+]([O-])c1ccc(Cl)cc1C=Cc1ccncn1. The molecule has 0 aliphatic carbocycles. The molecule has 0 fully saturated rings. The van der Waals surface area contributed by atoms with E-state index in [-0.39, 0.29) is 5.69 Å². The summed E-state index contributed by atoms with van der Waals surface area (Å²) in [5.74, 6) is 0. The Labute approximate surface area is 108 Å². The molecule has 0 bridgehead atoms. The number of aromatic nitrogens is 2. The van der Waals surface area contributed by atoms with Crippen LogP contribution in [0.5, 0.6) is 0 Å². The number of nitro groups is 1. The van der Waals surface area contributed by atoms with Gasteiger partial charge in [0.15, 0.2) is 0 Å². The van der Waals surface area contributed by atoms with E-state index in [0.29, 0.717) is 16.3 Å². The minimum Gasteiger partial charge on any atom is -0.258 e. The summed E-state index contributed by atoms with van der Waals surface area (Å²) in [5.41, 5.74) is 1.11. The lowest BCUT2D eigenvalue weighted by atomic mass is 10.1. The zero-order valence-corrected chi connectivity index (χ0v) is 9.91. The Morgan fingerprint density at radius 1 is 1.28 bits per heavy atom. The summed E-state index contributed by atoms with van der Waals surface area (Å²) in [7, 11) is 0. The van der Waals surface area contributed by atoms with Gasteiger partial charge in [-0.05, 0) is 30.4 Å². The second-order valence-electron chi connectivity index (χ2n) is 3.43. The maximum Gasteiger partial charge on any atom is 0.276 e. The molecule has 1 heterocycles. The van der Waals surface area contributed by atoms with Crippen LogP contribution in [0.2, 0.25) is 5.02 Å². The first-order valence-corrected chi connectivity index (χ1v) is 5.42. The van der Waals surface area contributed by atoms with Crippen LogP contribution in [0.4, 0.5) is 5.69 Å². The van der Waals surface area contributed by atoms with Crippen molar-refractivity contribution in [1.82, 2.24) is 9.97 Å². The van der Waals surface area contributed by atoms with Crippen molar-refractivity contribution in [2.24, 2.45) is 0 Å². The number of nitro benzene ring substituents is 1. The van der Waals surface area contributed by atoms with E-state index in [2.05, 4.69) is 9.97 Å². The van der Waals surface area contributed by atoms with E-state index in [0.717, 1.165) is 0 Å². The molecule has 2 aromatic rings. The zero-order valence-electron chi connectivity index (χ0n) is 9.15. The third-order valence-corrected chi connectivity index (χ3v) is 2.46. The summed E-state index contributed by atoms with van der Waals surface area (Å²) >= 11 is 5.82. The Morgan fingerprint density at radius 2 is 2.11 bits per heavy atom. The maximum atomic E-state index is 10.8. The number of halogens is 1. The van der Waals surface area contributed by atoms with Crippen LogP contribution in [0.3, 0.4) is 0 Å². The molecule has 90 valence electrons. The Kier molecular flexibility index (Phi) is 3.64. The maximum absolute atomic E-state index is 10.8. The van der Waals surface area contributed by atoms with Crippen LogP contribution in [0.1, 0.15) is 11.3 Å². The molecule has 0 amide bonds. The molecule has 0 atom stereocenters. The van der Waals surface area contributed by atoms with Crippen LogP contribution < -0.4 is 0 Å². The first kappa shape index (κ1) is 12.2. The lowest BCUT2D eigenvalue weighted by molar-refractivity contribution is -0.385. The van der Waals surface area contributed by atoms with Gasteiger partial charge in [0.25, 0.3) is 5.69 Å². The number of hydrogen-bond acceptors (Lipinski definition) is 4. The molecule has 0 saturated carbocycles. The van der Waals surface area contributed by atoms with Gasteiger partial charge in [0.1, 0.15) is 6.33 Å². The normalized spacial score (nSPS) is 10.7. The predicted octanol–water partition coefficient (Wildman–Crippen LogP) is 3.21. The monoisotopic (exact) mass is 261 g/mol. The number of benzene rings is 1. The molecule has 1 aromatic heterocycles. The second-order valence-corrected chi connectivity index (χ2v) is 3.86. The largest absolute Gasteiger partial charge is 0.276 e. The molecule has 0 unspecified atom stereocenters. The molecular weight excluding hydrogens is 254 g/mol. The van der Waals surface area contributed by atoms with Crippen molar-refractivity contribution in [2.75, 3.05) is 0 Å². The van der Waals surface area contributed by atoms with Crippen molar-refractivity contribution >= 4 is 29.4 Å². The van der Waals surface area contributed by atoms with Gasteiger partial charge in [-0.25, -0.2) is 9.97 Å². The van der Waals surface area contributed by atoms with E-state index in [9.17, 15) is 10.1 Å². The highest BCUT2D eigenvalue weighted by molar-refractivity contribution is 6.30. The Hall–Kier alpha value is -2.27. The van der Waals surface area contributed by atoms with E-state index in [1.165, 1.54) is 24.5 Å². The standard InChI is InChI=1S/C12H8ClN3O2/c13-10-2-4-12(16(17)18)9(7-10)1-3-11-5-6-14-8-15-11/h1-8H. The number of hydrogen-bond donors (Lipinski definition) is 0.